The number of carbonyl (C=O) groups excluding carboxylic acids is 2. The molecule has 2 aliphatic rings. The summed E-state index contributed by atoms with van der Waals surface area (Å²) in [6.07, 6.45) is 0.770. The van der Waals surface area contributed by atoms with Crippen molar-refractivity contribution in [1.29, 1.82) is 0 Å². The molecule has 2 aliphatic heterocycles. The van der Waals surface area contributed by atoms with Gasteiger partial charge >= 0.3 is 0 Å². The Morgan fingerprint density at radius 1 is 1.11 bits per heavy atom. The molecule has 0 radical (unpaired) electrons. The first-order valence-corrected chi connectivity index (χ1v) is 13.5. The quantitative estimate of drug-likeness (QED) is 0.483. The number of benzene rings is 2. The number of hydrazone groups is 1. The largest absolute Gasteiger partial charge is 0.379 e. The standard InChI is InChI=1S/C29H36ClFN4O3/c1-29(2,3)19-27(36)34(13-12-33-14-16-38-17-15-33)20-28(37)35-26(23-6-4-5-7-24(23)30)18-25(32-35)21-8-10-22(31)11-9-21/h4-11,26H,12-20H2,1-3H3. The number of amides is 2. The van der Waals surface area contributed by atoms with Crippen molar-refractivity contribution in [2.45, 2.75) is 39.7 Å². The van der Waals surface area contributed by atoms with Gasteiger partial charge in [-0.2, -0.15) is 5.10 Å². The van der Waals surface area contributed by atoms with Crippen molar-refractivity contribution in [3.05, 3.63) is 70.5 Å². The second-order valence-electron chi connectivity index (χ2n) is 11.0. The van der Waals surface area contributed by atoms with Crippen LogP contribution in [0.15, 0.2) is 53.6 Å². The molecule has 1 saturated heterocycles. The van der Waals surface area contributed by atoms with Gasteiger partial charge in [-0.1, -0.05) is 62.7 Å². The number of rotatable bonds is 8. The van der Waals surface area contributed by atoms with Crippen molar-refractivity contribution in [1.82, 2.24) is 14.8 Å². The molecule has 0 spiro atoms. The molecule has 2 aromatic carbocycles. The summed E-state index contributed by atoms with van der Waals surface area (Å²) in [5, 5.41) is 6.67. The summed E-state index contributed by atoms with van der Waals surface area (Å²) in [4.78, 5) is 31.0. The van der Waals surface area contributed by atoms with E-state index in [1.165, 1.54) is 17.1 Å². The lowest BCUT2D eigenvalue weighted by molar-refractivity contribution is -0.142. The Morgan fingerprint density at radius 3 is 2.45 bits per heavy atom. The van der Waals surface area contributed by atoms with Gasteiger partial charge < -0.3 is 9.64 Å². The third-order valence-corrected chi connectivity index (χ3v) is 7.10. The predicted molar refractivity (Wildman–Crippen MR) is 147 cm³/mol. The zero-order valence-corrected chi connectivity index (χ0v) is 23.1. The van der Waals surface area contributed by atoms with Gasteiger partial charge in [-0.3, -0.25) is 14.5 Å². The van der Waals surface area contributed by atoms with Crippen LogP contribution in [0.25, 0.3) is 0 Å². The molecular weight excluding hydrogens is 507 g/mol. The van der Waals surface area contributed by atoms with Crippen LogP contribution in [0.5, 0.6) is 0 Å². The van der Waals surface area contributed by atoms with Crippen LogP contribution in [0.4, 0.5) is 4.39 Å². The molecule has 0 bridgehead atoms. The fraction of sp³-hybridized carbons (Fsp3) is 0.483. The minimum atomic E-state index is -0.421. The molecule has 38 heavy (non-hydrogen) atoms. The van der Waals surface area contributed by atoms with Gasteiger partial charge in [0.2, 0.25) is 5.91 Å². The van der Waals surface area contributed by atoms with Crippen LogP contribution in [0.3, 0.4) is 0 Å². The van der Waals surface area contributed by atoms with E-state index in [0.29, 0.717) is 49.9 Å². The number of hydrogen-bond acceptors (Lipinski definition) is 5. The summed E-state index contributed by atoms with van der Waals surface area (Å²) in [7, 11) is 0. The zero-order valence-electron chi connectivity index (χ0n) is 22.3. The minimum Gasteiger partial charge on any atom is -0.379 e. The Hall–Kier alpha value is -2.81. The van der Waals surface area contributed by atoms with Crippen LogP contribution in [0, 0.1) is 11.2 Å². The molecule has 1 fully saturated rings. The summed E-state index contributed by atoms with van der Waals surface area (Å²) < 4.78 is 19.0. The van der Waals surface area contributed by atoms with Crippen molar-refractivity contribution >= 4 is 29.1 Å². The predicted octanol–water partition coefficient (Wildman–Crippen LogP) is 4.75. The van der Waals surface area contributed by atoms with Crippen LogP contribution in [-0.4, -0.2) is 78.3 Å². The van der Waals surface area contributed by atoms with Gasteiger partial charge in [0.1, 0.15) is 12.4 Å². The Balaban J connectivity index is 1.58. The number of nitrogens with zero attached hydrogens (tertiary/aromatic N) is 4. The number of hydrogen-bond donors (Lipinski definition) is 0. The van der Waals surface area contributed by atoms with Crippen LogP contribution in [0.2, 0.25) is 5.02 Å². The molecule has 2 heterocycles. The molecule has 204 valence electrons. The van der Waals surface area contributed by atoms with Crippen LogP contribution < -0.4 is 0 Å². The SMILES string of the molecule is CC(C)(C)CC(=O)N(CCN1CCOCC1)CC(=O)N1N=C(c2ccc(F)cc2)CC1c1ccccc1Cl. The molecule has 7 nitrogen and oxygen atoms in total. The topological polar surface area (TPSA) is 65.5 Å². The van der Waals surface area contributed by atoms with E-state index >= 15 is 0 Å². The van der Waals surface area contributed by atoms with E-state index in [2.05, 4.69) is 10.0 Å². The van der Waals surface area contributed by atoms with Gasteiger partial charge in [-0.05, 0) is 34.7 Å². The molecule has 0 N–H and O–H groups in total. The monoisotopic (exact) mass is 542 g/mol. The van der Waals surface area contributed by atoms with Gasteiger partial charge in [0, 0.05) is 44.0 Å². The second-order valence-corrected chi connectivity index (χ2v) is 11.4. The maximum atomic E-state index is 13.8. The lowest BCUT2D eigenvalue weighted by Gasteiger charge is -2.32. The van der Waals surface area contributed by atoms with Gasteiger partial charge in [0.25, 0.3) is 5.91 Å². The van der Waals surface area contributed by atoms with E-state index < -0.39 is 6.04 Å². The molecule has 2 amide bonds. The minimum absolute atomic E-state index is 0.0599. The molecule has 4 rings (SSSR count). The Labute approximate surface area is 229 Å². The van der Waals surface area contributed by atoms with Crippen LogP contribution in [0.1, 0.15) is 50.8 Å². The van der Waals surface area contributed by atoms with E-state index in [0.717, 1.165) is 24.2 Å². The van der Waals surface area contributed by atoms with Crippen molar-refractivity contribution in [2.75, 3.05) is 45.9 Å². The fourth-order valence-corrected chi connectivity index (χ4v) is 4.99. The van der Waals surface area contributed by atoms with E-state index in [9.17, 15) is 14.0 Å². The fourth-order valence-electron chi connectivity index (χ4n) is 4.72. The lowest BCUT2D eigenvalue weighted by atomic mass is 9.91. The molecule has 2 aromatic rings. The highest BCUT2D eigenvalue weighted by molar-refractivity contribution is 6.31. The van der Waals surface area contributed by atoms with Crippen LogP contribution >= 0.6 is 11.6 Å². The van der Waals surface area contributed by atoms with E-state index in [1.807, 2.05) is 39.0 Å². The summed E-state index contributed by atoms with van der Waals surface area (Å²) in [6, 6.07) is 13.1. The molecule has 9 heteroatoms. The van der Waals surface area contributed by atoms with Gasteiger partial charge in [0.15, 0.2) is 0 Å². The number of carbonyl (C=O) groups is 2. The molecular formula is C29H36ClFN4O3. The summed E-state index contributed by atoms with van der Waals surface area (Å²) >= 11 is 6.53. The highest BCUT2D eigenvalue weighted by Crippen LogP contribution is 2.36. The van der Waals surface area contributed by atoms with Crippen molar-refractivity contribution in [3.63, 3.8) is 0 Å². The zero-order chi connectivity index (χ0) is 27.3. The second kappa shape index (κ2) is 12.4. The number of halogens is 2. The van der Waals surface area contributed by atoms with E-state index in [1.54, 1.807) is 23.1 Å². The van der Waals surface area contributed by atoms with Gasteiger partial charge in [-0.25, -0.2) is 9.40 Å². The summed E-state index contributed by atoms with van der Waals surface area (Å²) in [6.45, 7) is 10.0. The van der Waals surface area contributed by atoms with E-state index in [4.69, 9.17) is 16.3 Å². The third kappa shape index (κ3) is 7.40. The van der Waals surface area contributed by atoms with Gasteiger partial charge in [0.05, 0.1) is 25.0 Å². The molecule has 0 aromatic heterocycles. The first-order valence-electron chi connectivity index (χ1n) is 13.1. The average molecular weight is 543 g/mol. The third-order valence-electron chi connectivity index (χ3n) is 6.76. The first-order chi connectivity index (χ1) is 18.1. The smallest absolute Gasteiger partial charge is 0.262 e. The van der Waals surface area contributed by atoms with Crippen molar-refractivity contribution in [2.24, 2.45) is 10.5 Å². The highest BCUT2D eigenvalue weighted by Gasteiger charge is 2.35. The highest BCUT2D eigenvalue weighted by atomic mass is 35.5. The van der Waals surface area contributed by atoms with Crippen molar-refractivity contribution < 1.29 is 18.7 Å². The molecule has 0 aliphatic carbocycles. The average Bonchev–Trinajstić information content (AvgIpc) is 3.32. The molecule has 0 saturated carbocycles. The molecule has 1 atom stereocenters. The first kappa shape index (κ1) is 28.2. The maximum Gasteiger partial charge on any atom is 0.262 e. The Bertz CT molecular complexity index is 1160. The summed E-state index contributed by atoms with van der Waals surface area (Å²) in [5.74, 6) is -0.678. The van der Waals surface area contributed by atoms with Crippen LogP contribution in [-0.2, 0) is 14.3 Å². The lowest BCUT2D eigenvalue weighted by Crippen LogP contribution is -2.47. The Kier molecular flexibility index (Phi) is 9.18. The molecule has 1 unspecified atom stereocenters. The maximum absolute atomic E-state index is 13.8. The van der Waals surface area contributed by atoms with Crippen molar-refractivity contribution in [3.8, 4) is 0 Å². The Morgan fingerprint density at radius 2 is 1.79 bits per heavy atom. The summed E-state index contributed by atoms with van der Waals surface area (Å²) in [5.41, 5.74) is 1.99. The van der Waals surface area contributed by atoms with E-state index in [-0.39, 0.29) is 29.6 Å². The normalized spacial score (nSPS) is 18.4. The number of ether oxygens (including phenoxy) is 1. The van der Waals surface area contributed by atoms with Gasteiger partial charge in [-0.15, -0.1) is 0 Å². The number of morpholine rings is 1.